The predicted molar refractivity (Wildman–Crippen MR) is 169 cm³/mol. The van der Waals surface area contributed by atoms with Crippen molar-refractivity contribution in [1.82, 2.24) is 5.32 Å². The first-order valence-electron chi connectivity index (χ1n) is 14.5. The molecule has 6 nitrogen and oxygen atoms in total. The number of hydrogen-bond acceptors (Lipinski definition) is 5. The van der Waals surface area contributed by atoms with Crippen LogP contribution in [0.5, 0.6) is 11.5 Å². The van der Waals surface area contributed by atoms with E-state index < -0.39 is 11.2 Å². The molecule has 1 unspecified atom stereocenters. The summed E-state index contributed by atoms with van der Waals surface area (Å²) in [5.41, 5.74) is 2.78. The number of phenolic OH excluding ortho intramolecular Hbond substituents is 1. The van der Waals surface area contributed by atoms with E-state index in [2.05, 4.69) is 65.1 Å². The van der Waals surface area contributed by atoms with Crippen LogP contribution in [0.25, 0.3) is 10.8 Å². The number of carboxylic acids is 1. The second kappa shape index (κ2) is 13.6. The molecule has 0 spiro atoms. The molecule has 0 radical (unpaired) electrons. The molecule has 222 valence electrons. The molecule has 1 amide bonds. The maximum Gasteiger partial charge on any atom is 0.316 e. The topological polar surface area (TPSA) is 95.9 Å². The number of hydrogen-bond donors (Lipinski definition) is 3. The Morgan fingerprint density at radius 1 is 0.951 bits per heavy atom. The van der Waals surface area contributed by atoms with Crippen molar-refractivity contribution in [2.24, 2.45) is 0 Å². The van der Waals surface area contributed by atoms with E-state index in [1.54, 1.807) is 25.1 Å². The highest BCUT2D eigenvalue weighted by Gasteiger charge is 2.27. The summed E-state index contributed by atoms with van der Waals surface area (Å²) in [4.78, 5) is 25.1. The number of thioether (sulfide) groups is 1. The third kappa shape index (κ3) is 7.76. The number of benzene rings is 3. The molecular weight excluding hydrogens is 534 g/mol. The number of rotatable bonds is 14. The summed E-state index contributed by atoms with van der Waals surface area (Å²) < 4.78 is 6.25. The summed E-state index contributed by atoms with van der Waals surface area (Å²) in [5.74, 6) is -0.514. The van der Waals surface area contributed by atoms with Gasteiger partial charge in [-0.2, -0.15) is 0 Å². The molecule has 3 aromatic carbocycles. The van der Waals surface area contributed by atoms with E-state index >= 15 is 0 Å². The molecule has 0 aliphatic heterocycles. The zero-order valence-corrected chi connectivity index (χ0v) is 26.3. The Kier molecular flexibility index (Phi) is 10.8. The van der Waals surface area contributed by atoms with E-state index in [1.807, 2.05) is 12.1 Å². The highest BCUT2D eigenvalue weighted by atomic mass is 32.2. The molecule has 0 bridgehead atoms. The van der Waals surface area contributed by atoms with Crippen molar-refractivity contribution in [1.29, 1.82) is 0 Å². The fourth-order valence-corrected chi connectivity index (χ4v) is 5.52. The Morgan fingerprint density at radius 2 is 1.61 bits per heavy atom. The van der Waals surface area contributed by atoms with Gasteiger partial charge in [-0.1, -0.05) is 77.9 Å². The van der Waals surface area contributed by atoms with Crippen molar-refractivity contribution in [3.63, 3.8) is 0 Å². The molecule has 0 fully saturated rings. The Bertz CT molecular complexity index is 1380. The van der Waals surface area contributed by atoms with Crippen LogP contribution in [0.4, 0.5) is 0 Å². The number of phenols is 1. The van der Waals surface area contributed by atoms with Crippen LogP contribution in [0.15, 0.2) is 53.4 Å². The Balaban J connectivity index is 1.64. The van der Waals surface area contributed by atoms with E-state index in [1.165, 1.54) is 11.1 Å². The number of carboxylic acid groups (broad SMARTS) is 1. The number of unbranched alkanes of at least 4 members (excludes halogenated alkanes) is 1. The number of aromatic hydroxyl groups is 1. The molecule has 0 aliphatic rings. The van der Waals surface area contributed by atoms with Crippen LogP contribution in [0.3, 0.4) is 0 Å². The summed E-state index contributed by atoms with van der Waals surface area (Å²) in [6.07, 6.45) is 3.53. The number of aliphatic carboxylic acids is 1. The SMILES string of the molecule is CCC(C)(C)c1ccc(OCCCCNC(=O)c2cc(SC(C)C(=O)O)c3ccccc3c2O)c(C(C)(C)CC)c1. The summed E-state index contributed by atoms with van der Waals surface area (Å²) in [6, 6.07) is 15.3. The monoisotopic (exact) mass is 579 g/mol. The minimum atomic E-state index is -0.938. The molecule has 7 heteroatoms. The van der Waals surface area contributed by atoms with Crippen LogP contribution < -0.4 is 10.1 Å². The van der Waals surface area contributed by atoms with Gasteiger partial charge >= 0.3 is 5.97 Å². The summed E-state index contributed by atoms with van der Waals surface area (Å²) in [6.45, 7) is 16.0. The average Bonchev–Trinajstić information content (AvgIpc) is 2.95. The van der Waals surface area contributed by atoms with Crippen molar-refractivity contribution in [3.05, 3.63) is 65.2 Å². The van der Waals surface area contributed by atoms with Crippen molar-refractivity contribution in [2.75, 3.05) is 13.2 Å². The van der Waals surface area contributed by atoms with E-state index in [0.717, 1.165) is 36.8 Å². The first-order chi connectivity index (χ1) is 19.3. The lowest BCUT2D eigenvalue weighted by molar-refractivity contribution is -0.136. The average molecular weight is 580 g/mol. The summed E-state index contributed by atoms with van der Waals surface area (Å²) >= 11 is 1.15. The third-order valence-electron chi connectivity index (χ3n) is 8.25. The van der Waals surface area contributed by atoms with Crippen LogP contribution in [-0.2, 0) is 15.6 Å². The lowest BCUT2D eigenvalue weighted by Gasteiger charge is -2.30. The fraction of sp³-hybridized carbons (Fsp3) is 0.471. The van der Waals surface area contributed by atoms with Crippen molar-refractivity contribution in [3.8, 4) is 11.5 Å². The maximum atomic E-state index is 13.0. The van der Waals surface area contributed by atoms with E-state index in [9.17, 15) is 19.8 Å². The molecule has 3 N–H and O–H groups in total. The number of amides is 1. The lowest BCUT2D eigenvalue weighted by atomic mass is 9.76. The number of fused-ring (bicyclic) bond motifs is 1. The number of nitrogens with one attached hydrogen (secondary N) is 1. The van der Waals surface area contributed by atoms with Crippen LogP contribution in [-0.4, -0.2) is 40.5 Å². The van der Waals surface area contributed by atoms with E-state index in [-0.39, 0.29) is 28.1 Å². The number of carbonyl (C=O) groups excluding carboxylic acids is 1. The molecule has 0 aromatic heterocycles. The van der Waals surface area contributed by atoms with Crippen LogP contribution in [0.1, 0.15) is 95.6 Å². The third-order valence-corrected chi connectivity index (χ3v) is 9.39. The molecule has 3 aromatic rings. The molecule has 1 atom stereocenters. The highest BCUT2D eigenvalue weighted by Crippen LogP contribution is 2.39. The standard InChI is InChI=1S/C34H45NO5S/c1-8-33(4,5)23-16-17-28(27(20-23)34(6,7)9-2)40-19-13-12-18-35-31(37)26-21-29(41-22(3)32(38)39)24-14-10-11-15-25(24)30(26)36/h10-11,14-17,20-22,36H,8-9,12-13,18-19H2,1-7H3,(H,35,37)(H,38,39). The minimum Gasteiger partial charge on any atom is -0.506 e. The smallest absolute Gasteiger partial charge is 0.316 e. The van der Waals surface area contributed by atoms with Gasteiger partial charge in [0.15, 0.2) is 0 Å². The largest absolute Gasteiger partial charge is 0.506 e. The molecule has 0 aliphatic carbocycles. The zero-order chi connectivity index (χ0) is 30.4. The van der Waals surface area contributed by atoms with Crippen molar-refractivity contribution >= 4 is 34.4 Å². The van der Waals surface area contributed by atoms with Gasteiger partial charge in [0.2, 0.25) is 0 Å². The second-order valence-corrected chi connectivity index (χ2v) is 13.3. The summed E-state index contributed by atoms with van der Waals surface area (Å²) in [5, 5.41) is 23.7. The van der Waals surface area contributed by atoms with Gasteiger partial charge in [0.05, 0.1) is 12.2 Å². The van der Waals surface area contributed by atoms with E-state index in [4.69, 9.17) is 4.74 Å². The van der Waals surface area contributed by atoms with E-state index in [0.29, 0.717) is 35.2 Å². The van der Waals surface area contributed by atoms with Gasteiger partial charge in [0.25, 0.3) is 5.91 Å². The normalized spacial score (nSPS) is 12.8. The fourth-order valence-electron chi connectivity index (χ4n) is 4.54. The van der Waals surface area contributed by atoms with Gasteiger partial charge in [-0.3, -0.25) is 9.59 Å². The van der Waals surface area contributed by atoms with Gasteiger partial charge in [0, 0.05) is 22.4 Å². The van der Waals surface area contributed by atoms with Crippen LogP contribution in [0, 0.1) is 0 Å². The number of ether oxygens (including phenoxy) is 1. The van der Waals surface area contributed by atoms with Gasteiger partial charge in [-0.25, -0.2) is 0 Å². The first-order valence-corrected chi connectivity index (χ1v) is 15.4. The predicted octanol–water partition coefficient (Wildman–Crippen LogP) is 8.07. The van der Waals surface area contributed by atoms with Crippen molar-refractivity contribution < 1.29 is 24.5 Å². The molecule has 0 heterocycles. The van der Waals surface area contributed by atoms with Gasteiger partial charge in [-0.05, 0) is 66.5 Å². The quantitative estimate of drug-likeness (QED) is 0.132. The molecule has 0 saturated carbocycles. The van der Waals surface area contributed by atoms with Gasteiger partial charge < -0.3 is 20.3 Å². The Morgan fingerprint density at radius 3 is 2.24 bits per heavy atom. The Hall–Kier alpha value is -3.19. The Labute approximate surface area is 248 Å². The number of carbonyl (C=O) groups is 2. The molecule has 3 rings (SSSR count). The van der Waals surface area contributed by atoms with Gasteiger partial charge in [-0.15, -0.1) is 11.8 Å². The minimum absolute atomic E-state index is 0.00953. The van der Waals surface area contributed by atoms with Gasteiger partial charge in [0.1, 0.15) is 16.7 Å². The maximum absolute atomic E-state index is 13.0. The summed E-state index contributed by atoms with van der Waals surface area (Å²) in [7, 11) is 0. The van der Waals surface area contributed by atoms with Crippen LogP contribution >= 0.6 is 11.8 Å². The molecular formula is C34H45NO5S. The lowest BCUT2D eigenvalue weighted by Crippen LogP contribution is -2.25. The van der Waals surface area contributed by atoms with Crippen LogP contribution in [0.2, 0.25) is 0 Å². The second-order valence-electron chi connectivity index (χ2n) is 11.9. The zero-order valence-electron chi connectivity index (χ0n) is 25.5. The van der Waals surface area contributed by atoms with Crippen molar-refractivity contribution in [2.45, 2.75) is 95.1 Å². The highest BCUT2D eigenvalue weighted by molar-refractivity contribution is 8.00. The first kappa shape index (κ1) is 32.3. The molecule has 41 heavy (non-hydrogen) atoms. The molecule has 0 saturated heterocycles.